The number of hydrogen-bond acceptors (Lipinski definition) is 4. The number of carbonyl (C=O) groups excluding carboxylic acids is 2. The van der Waals surface area contributed by atoms with E-state index in [1.807, 2.05) is 6.92 Å². The maximum atomic E-state index is 12.6. The highest BCUT2D eigenvalue weighted by Gasteiger charge is 2.43. The summed E-state index contributed by atoms with van der Waals surface area (Å²) in [7, 11) is 0. The third-order valence-electron chi connectivity index (χ3n) is 4.34. The summed E-state index contributed by atoms with van der Waals surface area (Å²) in [5.74, 6) is -1.98. The van der Waals surface area contributed by atoms with Crippen molar-refractivity contribution in [3.05, 3.63) is 0 Å². The number of likely N-dealkylation sites (tertiary alicyclic amines) is 2. The van der Waals surface area contributed by atoms with Crippen LogP contribution in [0.3, 0.4) is 0 Å². The molecule has 0 bridgehead atoms. The molecule has 2 fully saturated rings. The number of nitrogens with zero attached hydrogens (tertiary/aromatic N) is 2. The van der Waals surface area contributed by atoms with Gasteiger partial charge >= 0.3 is 12.0 Å². The van der Waals surface area contributed by atoms with Gasteiger partial charge in [0.1, 0.15) is 6.04 Å². The van der Waals surface area contributed by atoms with Crippen molar-refractivity contribution in [1.29, 1.82) is 0 Å². The average molecular weight is 299 g/mol. The number of nitrogens with two attached hydrogens (primary N) is 1. The minimum atomic E-state index is -1.13. The Bertz CT molecular complexity index is 455. The molecule has 2 rings (SSSR count). The van der Waals surface area contributed by atoms with Crippen molar-refractivity contribution in [1.82, 2.24) is 9.80 Å². The molecular formula is C13H21N3O5. The summed E-state index contributed by atoms with van der Waals surface area (Å²) in [6, 6.07) is -1.55. The second kappa shape index (κ2) is 5.88. The summed E-state index contributed by atoms with van der Waals surface area (Å²) in [5.41, 5.74) is 5.30. The summed E-state index contributed by atoms with van der Waals surface area (Å²) in [6.07, 6.45) is 0.475. The number of amides is 3. The van der Waals surface area contributed by atoms with E-state index in [2.05, 4.69) is 0 Å². The Morgan fingerprint density at radius 2 is 1.81 bits per heavy atom. The minimum Gasteiger partial charge on any atom is -0.480 e. The van der Waals surface area contributed by atoms with Crippen LogP contribution in [0.5, 0.6) is 0 Å². The molecule has 0 radical (unpaired) electrons. The SMILES string of the molecule is CC1CCC(C(N)=O)CN1C(=O)N1C[C@@H](O)C[C@H]1C(=O)O. The van der Waals surface area contributed by atoms with E-state index in [4.69, 9.17) is 10.8 Å². The van der Waals surface area contributed by atoms with E-state index in [0.717, 1.165) is 0 Å². The van der Waals surface area contributed by atoms with Gasteiger partial charge < -0.3 is 25.7 Å². The van der Waals surface area contributed by atoms with Gasteiger partial charge in [0.25, 0.3) is 0 Å². The van der Waals surface area contributed by atoms with Crippen LogP contribution in [-0.4, -0.2) is 69.2 Å². The monoisotopic (exact) mass is 299 g/mol. The second-order valence-electron chi connectivity index (χ2n) is 5.86. The van der Waals surface area contributed by atoms with Crippen molar-refractivity contribution in [2.45, 2.75) is 44.4 Å². The Morgan fingerprint density at radius 1 is 1.14 bits per heavy atom. The number of aliphatic hydroxyl groups is 1. The van der Waals surface area contributed by atoms with Crippen LogP contribution in [0.2, 0.25) is 0 Å². The Balaban J connectivity index is 2.13. The predicted molar refractivity (Wildman–Crippen MR) is 72.2 cm³/mol. The molecule has 8 heteroatoms. The molecule has 2 aliphatic rings. The molecule has 0 aromatic carbocycles. The van der Waals surface area contributed by atoms with E-state index < -0.39 is 36.0 Å². The number of β-amino-alcohol motifs (C(OH)–C–C–N with tert-alkyl or cyclic N) is 1. The van der Waals surface area contributed by atoms with Gasteiger partial charge in [0.2, 0.25) is 5.91 Å². The molecule has 2 heterocycles. The molecule has 0 aliphatic carbocycles. The smallest absolute Gasteiger partial charge is 0.326 e. The van der Waals surface area contributed by atoms with Crippen LogP contribution in [0.15, 0.2) is 0 Å². The van der Waals surface area contributed by atoms with E-state index in [9.17, 15) is 19.5 Å². The number of carboxylic acids is 1. The first kappa shape index (κ1) is 15.6. The molecule has 3 amide bonds. The molecule has 4 N–H and O–H groups in total. The van der Waals surface area contributed by atoms with Crippen molar-refractivity contribution in [3.63, 3.8) is 0 Å². The summed E-state index contributed by atoms with van der Waals surface area (Å²) in [4.78, 5) is 37.7. The highest BCUT2D eigenvalue weighted by Crippen LogP contribution is 2.26. The summed E-state index contributed by atoms with van der Waals surface area (Å²) in [6.45, 7) is 2.06. The van der Waals surface area contributed by atoms with Crippen LogP contribution < -0.4 is 5.73 Å². The maximum Gasteiger partial charge on any atom is 0.326 e. The van der Waals surface area contributed by atoms with Crippen LogP contribution in [0.25, 0.3) is 0 Å². The zero-order chi connectivity index (χ0) is 15.7. The number of hydrogen-bond donors (Lipinski definition) is 3. The van der Waals surface area contributed by atoms with E-state index in [1.54, 1.807) is 0 Å². The Morgan fingerprint density at radius 3 is 2.38 bits per heavy atom. The van der Waals surface area contributed by atoms with Crippen LogP contribution in [0, 0.1) is 5.92 Å². The lowest BCUT2D eigenvalue weighted by molar-refractivity contribution is -0.141. The fourth-order valence-corrected chi connectivity index (χ4v) is 3.03. The maximum absolute atomic E-state index is 12.6. The number of carbonyl (C=O) groups is 3. The molecular weight excluding hydrogens is 278 g/mol. The molecule has 0 spiro atoms. The van der Waals surface area contributed by atoms with Gasteiger partial charge in [-0.3, -0.25) is 4.79 Å². The molecule has 118 valence electrons. The Kier molecular flexibility index (Phi) is 4.36. The minimum absolute atomic E-state index is 0.000256. The van der Waals surface area contributed by atoms with E-state index in [0.29, 0.717) is 12.8 Å². The van der Waals surface area contributed by atoms with E-state index in [-0.39, 0.29) is 25.6 Å². The van der Waals surface area contributed by atoms with Crippen molar-refractivity contribution >= 4 is 17.9 Å². The Labute approximate surface area is 122 Å². The quantitative estimate of drug-likeness (QED) is 0.616. The first-order valence-corrected chi connectivity index (χ1v) is 7.08. The molecule has 21 heavy (non-hydrogen) atoms. The number of piperidine rings is 1. The summed E-state index contributed by atoms with van der Waals surface area (Å²) in [5, 5.41) is 18.8. The van der Waals surface area contributed by atoms with Crippen molar-refractivity contribution in [2.24, 2.45) is 11.7 Å². The van der Waals surface area contributed by atoms with E-state index in [1.165, 1.54) is 9.80 Å². The molecule has 0 aromatic rings. The van der Waals surface area contributed by atoms with Gasteiger partial charge in [-0.25, -0.2) is 9.59 Å². The van der Waals surface area contributed by atoms with Gasteiger partial charge in [-0.1, -0.05) is 0 Å². The molecule has 2 saturated heterocycles. The largest absolute Gasteiger partial charge is 0.480 e. The van der Waals surface area contributed by atoms with Gasteiger partial charge in [-0.05, 0) is 19.8 Å². The molecule has 2 aliphatic heterocycles. The number of carboxylic acid groups (broad SMARTS) is 1. The van der Waals surface area contributed by atoms with E-state index >= 15 is 0 Å². The average Bonchev–Trinajstić information content (AvgIpc) is 2.80. The summed E-state index contributed by atoms with van der Waals surface area (Å²) >= 11 is 0. The molecule has 8 nitrogen and oxygen atoms in total. The standard InChI is InChI=1S/C13H21N3O5/c1-7-2-3-8(11(14)18)5-15(7)13(21)16-6-9(17)4-10(16)12(19)20/h7-10,17H,2-6H2,1H3,(H2,14,18)(H,19,20)/t7?,8?,9-,10-/m0/s1. The highest BCUT2D eigenvalue weighted by atomic mass is 16.4. The lowest BCUT2D eigenvalue weighted by Crippen LogP contribution is -2.55. The first-order chi connectivity index (χ1) is 9.81. The predicted octanol–water partition coefficient (Wildman–Crippen LogP) is -0.788. The fourth-order valence-electron chi connectivity index (χ4n) is 3.03. The molecule has 0 saturated carbocycles. The number of rotatable bonds is 2. The van der Waals surface area contributed by atoms with Crippen molar-refractivity contribution in [2.75, 3.05) is 13.1 Å². The topological polar surface area (TPSA) is 124 Å². The van der Waals surface area contributed by atoms with Crippen molar-refractivity contribution in [3.8, 4) is 0 Å². The zero-order valence-electron chi connectivity index (χ0n) is 11.9. The summed E-state index contributed by atoms with van der Waals surface area (Å²) < 4.78 is 0. The lowest BCUT2D eigenvalue weighted by Gasteiger charge is -2.39. The molecule has 0 aromatic heterocycles. The molecule has 2 unspecified atom stereocenters. The normalized spacial score (nSPS) is 33.0. The number of primary amides is 1. The lowest BCUT2D eigenvalue weighted by atomic mass is 9.93. The van der Waals surface area contributed by atoms with Crippen LogP contribution in [-0.2, 0) is 9.59 Å². The fraction of sp³-hybridized carbons (Fsp3) is 0.769. The third-order valence-corrected chi connectivity index (χ3v) is 4.34. The van der Waals surface area contributed by atoms with Crippen molar-refractivity contribution < 1.29 is 24.6 Å². The highest BCUT2D eigenvalue weighted by molar-refractivity contribution is 5.84. The number of aliphatic carboxylic acids is 1. The second-order valence-corrected chi connectivity index (χ2v) is 5.86. The number of urea groups is 1. The van der Waals surface area contributed by atoms with Gasteiger partial charge in [-0.15, -0.1) is 0 Å². The van der Waals surface area contributed by atoms with Gasteiger partial charge in [0.15, 0.2) is 0 Å². The van der Waals surface area contributed by atoms with Gasteiger partial charge in [0.05, 0.1) is 12.0 Å². The number of aliphatic hydroxyl groups excluding tert-OH is 1. The third kappa shape index (κ3) is 3.10. The Hall–Kier alpha value is -1.83. The van der Waals surface area contributed by atoms with Crippen LogP contribution in [0.1, 0.15) is 26.2 Å². The van der Waals surface area contributed by atoms with Gasteiger partial charge in [0, 0.05) is 25.6 Å². The molecule has 4 atom stereocenters. The van der Waals surface area contributed by atoms with Crippen LogP contribution >= 0.6 is 0 Å². The first-order valence-electron chi connectivity index (χ1n) is 7.08. The van der Waals surface area contributed by atoms with Gasteiger partial charge in [-0.2, -0.15) is 0 Å². The zero-order valence-corrected chi connectivity index (χ0v) is 11.9. The van der Waals surface area contributed by atoms with Crippen LogP contribution in [0.4, 0.5) is 4.79 Å².